The Hall–Kier alpha value is -2.45. The average molecular weight is 387 g/mol. The topological polar surface area (TPSA) is 74.3 Å². The van der Waals surface area contributed by atoms with Crippen LogP contribution in [0.15, 0.2) is 41.8 Å². The third-order valence-corrected chi connectivity index (χ3v) is 6.09. The second-order valence-electron chi connectivity index (χ2n) is 6.17. The lowest BCUT2D eigenvalue weighted by molar-refractivity contribution is -0.121. The number of carbonyl (C=O) groups is 2. The summed E-state index contributed by atoms with van der Waals surface area (Å²) >= 11 is 2.95. The zero-order valence-electron chi connectivity index (χ0n) is 14.0. The van der Waals surface area contributed by atoms with Crippen LogP contribution in [0.4, 0.5) is 14.9 Å². The molecule has 0 aliphatic carbocycles. The van der Waals surface area contributed by atoms with E-state index in [1.165, 1.54) is 22.7 Å². The summed E-state index contributed by atoms with van der Waals surface area (Å²) in [7, 11) is 0. The maximum atomic E-state index is 12.6. The molecule has 3 aromatic rings. The fourth-order valence-electron chi connectivity index (χ4n) is 3.04. The van der Waals surface area contributed by atoms with Crippen molar-refractivity contribution < 1.29 is 9.59 Å². The van der Waals surface area contributed by atoms with E-state index in [1.54, 1.807) is 4.90 Å². The standard InChI is InChI=1S/C18H18N4O2S2/c23-16(21-17-19-13-6-1-2-7-14(13)26-17)12-5-3-9-22(11-12)18(24)20-15-8-4-10-25-15/h1-2,4,6-8,10,12H,3,5,9,11H2,(H,20,24)(H,19,21,23)/t12-/m0/s1. The molecule has 4 rings (SSSR count). The van der Waals surface area contributed by atoms with E-state index >= 15 is 0 Å². The molecule has 6 nitrogen and oxygen atoms in total. The summed E-state index contributed by atoms with van der Waals surface area (Å²) < 4.78 is 1.04. The zero-order valence-corrected chi connectivity index (χ0v) is 15.6. The molecular weight excluding hydrogens is 368 g/mol. The van der Waals surface area contributed by atoms with E-state index in [9.17, 15) is 9.59 Å². The molecule has 3 heterocycles. The molecule has 1 aromatic carbocycles. The predicted molar refractivity (Wildman–Crippen MR) is 106 cm³/mol. The average Bonchev–Trinajstić information content (AvgIpc) is 3.30. The first-order valence-corrected chi connectivity index (χ1v) is 10.1. The summed E-state index contributed by atoms with van der Waals surface area (Å²) in [5, 5.41) is 9.14. The Bertz CT molecular complexity index is 889. The van der Waals surface area contributed by atoms with E-state index in [0.717, 1.165) is 28.1 Å². The quantitative estimate of drug-likeness (QED) is 0.707. The van der Waals surface area contributed by atoms with Crippen molar-refractivity contribution in [3.63, 3.8) is 0 Å². The van der Waals surface area contributed by atoms with Gasteiger partial charge in [0.1, 0.15) is 0 Å². The fraction of sp³-hybridized carbons (Fsp3) is 0.278. The van der Waals surface area contributed by atoms with Crippen LogP contribution in [0.25, 0.3) is 10.2 Å². The number of anilines is 2. The van der Waals surface area contributed by atoms with Gasteiger partial charge in [-0.3, -0.25) is 10.1 Å². The first-order valence-electron chi connectivity index (χ1n) is 8.45. The number of para-hydroxylation sites is 1. The normalized spacial score (nSPS) is 17.2. The minimum atomic E-state index is -0.218. The SMILES string of the molecule is O=C(Nc1nc2ccccc2s1)[C@H]1CCCN(C(=O)Nc2cccs2)C1. The summed E-state index contributed by atoms with van der Waals surface area (Å²) in [6.07, 6.45) is 1.59. The van der Waals surface area contributed by atoms with Crippen molar-refractivity contribution in [2.75, 3.05) is 23.7 Å². The van der Waals surface area contributed by atoms with E-state index in [0.29, 0.717) is 18.2 Å². The Balaban J connectivity index is 1.38. The van der Waals surface area contributed by atoms with Crippen molar-refractivity contribution in [2.24, 2.45) is 5.92 Å². The van der Waals surface area contributed by atoms with Gasteiger partial charge < -0.3 is 10.2 Å². The van der Waals surface area contributed by atoms with Crippen molar-refractivity contribution in [1.29, 1.82) is 0 Å². The Kier molecular flexibility index (Phi) is 4.85. The lowest BCUT2D eigenvalue weighted by Gasteiger charge is -2.31. The lowest BCUT2D eigenvalue weighted by atomic mass is 9.97. The highest BCUT2D eigenvalue weighted by molar-refractivity contribution is 7.22. The smallest absolute Gasteiger partial charge is 0.322 e. The van der Waals surface area contributed by atoms with E-state index in [1.807, 2.05) is 41.8 Å². The van der Waals surface area contributed by atoms with Gasteiger partial charge in [0.05, 0.1) is 21.1 Å². The molecule has 2 aromatic heterocycles. The number of fused-ring (bicyclic) bond motifs is 1. The van der Waals surface area contributed by atoms with Gasteiger partial charge in [-0.15, -0.1) is 11.3 Å². The molecular formula is C18H18N4O2S2. The van der Waals surface area contributed by atoms with Crippen molar-refractivity contribution in [2.45, 2.75) is 12.8 Å². The van der Waals surface area contributed by atoms with Gasteiger partial charge in [-0.25, -0.2) is 9.78 Å². The molecule has 2 N–H and O–H groups in total. The summed E-state index contributed by atoms with van der Waals surface area (Å²) in [6.45, 7) is 1.09. The second kappa shape index (κ2) is 7.43. The molecule has 1 fully saturated rings. The molecule has 1 aliphatic rings. The van der Waals surface area contributed by atoms with Gasteiger partial charge in [-0.1, -0.05) is 23.5 Å². The minimum Gasteiger partial charge on any atom is -0.324 e. The number of aromatic nitrogens is 1. The first kappa shape index (κ1) is 17.0. The fourth-order valence-corrected chi connectivity index (χ4v) is 4.52. The Morgan fingerprint density at radius 1 is 1.15 bits per heavy atom. The van der Waals surface area contributed by atoms with Crippen LogP contribution in [0.3, 0.4) is 0 Å². The summed E-state index contributed by atoms with van der Waals surface area (Å²) in [4.78, 5) is 31.2. The highest BCUT2D eigenvalue weighted by Gasteiger charge is 2.29. The van der Waals surface area contributed by atoms with Gasteiger partial charge in [0.25, 0.3) is 0 Å². The zero-order chi connectivity index (χ0) is 17.9. The van der Waals surface area contributed by atoms with Gasteiger partial charge in [0.2, 0.25) is 5.91 Å². The molecule has 1 saturated heterocycles. The van der Waals surface area contributed by atoms with E-state index in [2.05, 4.69) is 15.6 Å². The van der Waals surface area contributed by atoms with Crippen LogP contribution in [0.5, 0.6) is 0 Å². The van der Waals surface area contributed by atoms with E-state index < -0.39 is 0 Å². The number of nitrogens with zero attached hydrogens (tertiary/aromatic N) is 2. The van der Waals surface area contributed by atoms with Gasteiger partial charge in [0.15, 0.2) is 5.13 Å². The van der Waals surface area contributed by atoms with Crippen LogP contribution in [0.2, 0.25) is 0 Å². The van der Waals surface area contributed by atoms with Crippen LogP contribution < -0.4 is 10.6 Å². The molecule has 3 amide bonds. The minimum absolute atomic E-state index is 0.0716. The van der Waals surface area contributed by atoms with Crippen molar-refractivity contribution in [3.05, 3.63) is 41.8 Å². The number of hydrogen-bond acceptors (Lipinski definition) is 5. The summed E-state index contributed by atoms with van der Waals surface area (Å²) in [6, 6.07) is 11.4. The molecule has 26 heavy (non-hydrogen) atoms. The van der Waals surface area contributed by atoms with Crippen molar-refractivity contribution >= 4 is 55.0 Å². The molecule has 0 saturated carbocycles. The molecule has 134 valence electrons. The lowest BCUT2D eigenvalue weighted by Crippen LogP contribution is -2.45. The van der Waals surface area contributed by atoms with Crippen molar-refractivity contribution in [3.8, 4) is 0 Å². The Morgan fingerprint density at radius 3 is 2.85 bits per heavy atom. The maximum Gasteiger partial charge on any atom is 0.322 e. The molecule has 0 unspecified atom stereocenters. The third kappa shape index (κ3) is 3.71. The van der Waals surface area contributed by atoms with Crippen LogP contribution in [0, 0.1) is 5.92 Å². The number of nitrogens with one attached hydrogen (secondary N) is 2. The third-order valence-electron chi connectivity index (χ3n) is 4.35. The van der Waals surface area contributed by atoms with Crippen LogP contribution >= 0.6 is 22.7 Å². The largest absolute Gasteiger partial charge is 0.324 e. The number of thiazole rings is 1. The van der Waals surface area contributed by atoms with Crippen LogP contribution in [-0.4, -0.2) is 34.9 Å². The Labute approximate surface area is 158 Å². The maximum absolute atomic E-state index is 12.6. The predicted octanol–water partition coefficient (Wildman–Crippen LogP) is 4.24. The number of rotatable bonds is 3. The molecule has 1 aliphatic heterocycles. The molecule has 0 radical (unpaired) electrons. The number of likely N-dealkylation sites (tertiary alicyclic amines) is 1. The number of carbonyl (C=O) groups excluding carboxylic acids is 2. The first-order chi connectivity index (χ1) is 12.7. The van der Waals surface area contributed by atoms with Gasteiger partial charge >= 0.3 is 6.03 Å². The van der Waals surface area contributed by atoms with Gasteiger partial charge in [0, 0.05) is 13.1 Å². The molecule has 0 bridgehead atoms. The highest BCUT2D eigenvalue weighted by Crippen LogP contribution is 2.27. The van der Waals surface area contributed by atoms with E-state index in [-0.39, 0.29) is 17.9 Å². The number of amides is 3. The monoisotopic (exact) mass is 386 g/mol. The molecule has 0 spiro atoms. The van der Waals surface area contributed by atoms with E-state index in [4.69, 9.17) is 0 Å². The molecule has 1 atom stereocenters. The number of piperidine rings is 1. The summed E-state index contributed by atoms with van der Waals surface area (Å²) in [5.74, 6) is -0.289. The van der Waals surface area contributed by atoms with Crippen molar-refractivity contribution in [1.82, 2.24) is 9.88 Å². The van der Waals surface area contributed by atoms with Gasteiger partial charge in [-0.05, 0) is 42.5 Å². The highest BCUT2D eigenvalue weighted by atomic mass is 32.1. The van der Waals surface area contributed by atoms with Crippen LogP contribution in [0.1, 0.15) is 12.8 Å². The van der Waals surface area contributed by atoms with Gasteiger partial charge in [-0.2, -0.15) is 0 Å². The second-order valence-corrected chi connectivity index (χ2v) is 8.15. The number of thiophene rings is 1. The molecule has 8 heteroatoms. The number of benzene rings is 1. The number of urea groups is 1. The van der Waals surface area contributed by atoms with Crippen LogP contribution in [-0.2, 0) is 4.79 Å². The Morgan fingerprint density at radius 2 is 2.04 bits per heavy atom. The summed E-state index contributed by atoms with van der Waals surface area (Å²) in [5.41, 5.74) is 0.883. The number of hydrogen-bond donors (Lipinski definition) is 2.